The largest absolute Gasteiger partial charge is 0.497 e. The van der Waals surface area contributed by atoms with Gasteiger partial charge >= 0.3 is 0 Å². The monoisotopic (exact) mass is 316 g/mol. The fourth-order valence-electron chi connectivity index (χ4n) is 4.03. The molecule has 1 aromatic carbocycles. The number of hydrogen-bond acceptors (Lipinski definition) is 4. The van der Waals surface area contributed by atoms with Gasteiger partial charge in [0.15, 0.2) is 0 Å². The molecule has 124 valence electrons. The number of carbonyl (C=O) groups excluding carboxylic acids is 1. The van der Waals surface area contributed by atoms with Crippen molar-refractivity contribution >= 4 is 12.1 Å². The lowest BCUT2D eigenvalue weighted by atomic mass is 9.90. The standard InChI is InChI=1S/C18H24N2O3/c1-18-9-5-4-6-14(18)16(18)17(21)20-19-11-12-10-13(22-2)7-8-15(12)23-3/h7-8,10-11,14,16H,4-6,9H2,1-3H3,(H,20,21)/b19-11-. The number of benzene rings is 1. The Morgan fingerprint density at radius 2 is 2.17 bits per heavy atom. The molecule has 1 amide bonds. The van der Waals surface area contributed by atoms with E-state index in [1.165, 1.54) is 19.3 Å². The minimum Gasteiger partial charge on any atom is -0.497 e. The number of rotatable bonds is 5. The molecule has 0 bridgehead atoms. The van der Waals surface area contributed by atoms with E-state index >= 15 is 0 Å². The van der Waals surface area contributed by atoms with E-state index in [2.05, 4.69) is 17.5 Å². The molecular formula is C18H24N2O3. The topological polar surface area (TPSA) is 59.9 Å². The smallest absolute Gasteiger partial charge is 0.244 e. The van der Waals surface area contributed by atoms with Crippen LogP contribution in [0, 0.1) is 17.3 Å². The summed E-state index contributed by atoms with van der Waals surface area (Å²) in [5.74, 6) is 2.11. The lowest BCUT2D eigenvalue weighted by Gasteiger charge is -2.15. The Morgan fingerprint density at radius 1 is 1.35 bits per heavy atom. The van der Waals surface area contributed by atoms with Crippen LogP contribution in [0.25, 0.3) is 0 Å². The van der Waals surface area contributed by atoms with Gasteiger partial charge in [-0.3, -0.25) is 4.79 Å². The molecule has 3 unspecified atom stereocenters. The first-order chi connectivity index (χ1) is 11.1. The summed E-state index contributed by atoms with van der Waals surface area (Å²) in [6.07, 6.45) is 6.41. The number of nitrogens with one attached hydrogen (secondary N) is 1. The summed E-state index contributed by atoms with van der Waals surface area (Å²) in [4.78, 5) is 12.4. The molecule has 0 aromatic heterocycles. The molecule has 0 saturated heterocycles. The third-order valence-electron chi connectivity index (χ3n) is 5.43. The van der Waals surface area contributed by atoms with Crippen LogP contribution >= 0.6 is 0 Å². The molecule has 2 aliphatic rings. The number of carbonyl (C=O) groups is 1. The van der Waals surface area contributed by atoms with Gasteiger partial charge in [-0.15, -0.1) is 0 Å². The summed E-state index contributed by atoms with van der Waals surface area (Å²) in [6.45, 7) is 2.23. The van der Waals surface area contributed by atoms with Crippen molar-refractivity contribution < 1.29 is 14.3 Å². The maximum Gasteiger partial charge on any atom is 0.244 e. The van der Waals surface area contributed by atoms with E-state index in [0.717, 1.165) is 17.7 Å². The van der Waals surface area contributed by atoms with Crippen molar-refractivity contribution in [3.8, 4) is 11.5 Å². The first-order valence-electron chi connectivity index (χ1n) is 8.15. The second-order valence-corrected chi connectivity index (χ2v) is 6.68. The number of nitrogens with zero attached hydrogens (tertiary/aromatic N) is 1. The Morgan fingerprint density at radius 3 is 2.83 bits per heavy atom. The maximum absolute atomic E-state index is 12.4. The van der Waals surface area contributed by atoms with Gasteiger partial charge in [0.25, 0.3) is 0 Å². The summed E-state index contributed by atoms with van der Waals surface area (Å²) in [5, 5.41) is 4.12. The molecular weight excluding hydrogens is 292 g/mol. The van der Waals surface area contributed by atoms with E-state index in [1.54, 1.807) is 20.4 Å². The van der Waals surface area contributed by atoms with Crippen LogP contribution in [0.5, 0.6) is 11.5 Å². The second kappa shape index (κ2) is 6.22. The van der Waals surface area contributed by atoms with Gasteiger partial charge in [0.05, 0.1) is 20.4 Å². The van der Waals surface area contributed by atoms with Gasteiger partial charge < -0.3 is 9.47 Å². The van der Waals surface area contributed by atoms with E-state index in [-0.39, 0.29) is 17.2 Å². The van der Waals surface area contributed by atoms with Crippen molar-refractivity contribution in [2.75, 3.05) is 14.2 Å². The molecule has 2 aliphatic carbocycles. The van der Waals surface area contributed by atoms with Crippen LogP contribution in [0.2, 0.25) is 0 Å². The first kappa shape index (κ1) is 15.8. The van der Waals surface area contributed by atoms with E-state index in [1.807, 2.05) is 18.2 Å². The number of amides is 1. The normalized spacial score (nSPS) is 29.0. The van der Waals surface area contributed by atoms with Crippen molar-refractivity contribution in [2.24, 2.45) is 22.4 Å². The number of hydrazone groups is 1. The van der Waals surface area contributed by atoms with Gasteiger partial charge in [-0.05, 0) is 42.4 Å². The molecule has 5 nitrogen and oxygen atoms in total. The van der Waals surface area contributed by atoms with Crippen LogP contribution in [0.15, 0.2) is 23.3 Å². The Kier molecular flexibility index (Phi) is 4.28. The lowest BCUT2D eigenvalue weighted by Crippen LogP contribution is -2.22. The average molecular weight is 316 g/mol. The van der Waals surface area contributed by atoms with Crippen LogP contribution in [0.3, 0.4) is 0 Å². The molecule has 2 saturated carbocycles. The molecule has 2 fully saturated rings. The molecule has 0 spiro atoms. The number of fused-ring (bicyclic) bond motifs is 1. The molecule has 5 heteroatoms. The number of hydrogen-bond donors (Lipinski definition) is 1. The van der Waals surface area contributed by atoms with E-state index in [4.69, 9.17) is 9.47 Å². The molecule has 0 heterocycles. The maximum atomic E-state index is 12.4. The summed E-state index contributed by atoms with van der Waals surface area (Å²) in [6, 6.07) is 5.47. The van der Waals surface area contributed by atoms with Crippen LogP contribution < -0.4 is 14.9 Å². The Hall–Kier alpha value is -2.04. The minimum absolute atomic E-state index is 0.0394. The third kappa shape index (κ3) is 2.92. The predicted molar refractivity (Wildman–Crippen MR) is 88.8 cm³/mol. The average Bonchev–Trinajstić information content (AvgIpc) is 3.20. The van der Waals surface area contributed by atoms with Crippen molar-refractivity contribution in [3.63, 3.8) is 0 Å². The van der Waals surface area contributed by atoms with Gasteiger partial charge in [0, 0.05) is 11.5 Å². The Balaban J connectivity index is 1.64. The molecule has 23 heavy (non-hydrogen) atoms. The first-order valence-corrected chi connectivity index (χ1v) is 8.15. The zero-order valence-electron chi connectivity index (χ0n) is 14.0. The van der Waals surface area contributed by atoms with Crippen LogP contribution in [-0.2, 0) is 4.79 Å². The highest BCUT2D eigenvalue weighted by Crippen LogP contribution is 2.66. The quantitative estimate of drug-likeness (QED) is 0.671. The van der Waals surface area contributed by atoms with E-state index in [0.29, 0.717) is 11.7 Å². The summed E-state index contributed by atoms with van der Waals surface area (Å²) in [7, 11) is 3.22. The van der Waals surface area contributed by atoms with E-state index < -0.39 is 0 Å². The predicted octanol–water partition coefficient (Wildman–Crippen LogP) is 2.98. The molecule has 0 aliphatic heterocycles. The SMILES string of the molecule is COc1ccc(OC)c(/C=N\NC(=O)C2C3CCCCC32C)c1. The van der Waals surface area contributed by atoms with Gasteiger partial charge in [-0.25, -0.2) is 5.43 Å². The molecule has 1 aromatic rings. The van der Waals surface area contributed by atoms with Crippen LogP contribution in [0.1, 0.15) is 38.2 Å². The lowest BCUT2D eigenvalue weighted by molar-refractivity contribution is -0.123. The minimum atomic E-state index is 0.0394. The Labute approximate surface area is 137 Å². The highest BCUT2D eigenvalue weighted by Gasteiger charge is 2.64. The molecule has 1 N–H and O–H groups in total. The van der Waals surface area contributed by atoms with Crippen molar-refractivity contribution in [3.05, 3.63) is 23.8 Å². The van der Waals surface area contributed by atoms with Gasteiger partial charge in [0.2, 0.25) is 5.91 Å². The highest BCUT2D eigenvalue weighted by molar-refractivity contribution is 5.87. The zero-order chi connectivity index (χ0) is 16.4. The second-order valence-electron chi connectivity index (χ2n) is 6.68. The number of methoxy groups -OCH3 is 2. The molecule has 0 radical (unpaired) electrons. The summed E-state index contributed by atoms with van der Waals surface area (Å²) in [5.41, 5.74) is 3.67. The van der Waals surface area contributed by atoms with Gasteiger partial charge in [-0.1, -0.05) is 19.8 Å². The summed E-state index contributed by atoms with van der Waals surface area (Å²) >= 11 is 0. The van der Waals surface area contributed by atoms with Gasteiger partial charge in [0.1, 0.15) is 11.5 Å². The van der Waals surface area contributed by atoms with Crippen LogP contribution in [0.4, 0.5) is 0 Å². The zero-order valence-corrected chi connectivity index (χ0v) is 14.0. The highest BCUT2D eigenvalue weighted by atomic mass is 16.5. The van der Waals surface area contributed by atoms with Crippen LogP contribution in [-0.4, -0.2) is 26.3 Å². The Bertz CT molecular complexity index is 629. The fraction of sp³-hybridized carbons (Fsp3) is 0.556. The summed E-state index contributed by atoms with van der Waals surface area (Å²) < 4.78 is 10.5. The van der Waals surface area contributed by atoms with Gasteiger partial charge in [-0.2, -0.15) is 5.10 Å². The van der Waals surface area contributed by atoms with E-state index in [9.17, 15) is 4.79 Å². The molecule has 3 atom stereocenters. The van der Waals surface area contributed by atoms with Crippen molar-refractivity contribution in [1.29, 1.82) is 0 Å². The molecule has 3 rings (SSSR count). The fourth-order valence-corrected chi connectivity index (χ4v) is 4.03. The third-order valence-corrected chi connectivity index (χ3v) is 5.43. The number of ether oxygens (including phenoxy) is 2. The van der Waals surface area contributed by atoms with Crippen molar-refractivity contribution in [1.82, 2.24) is 5.43 Å². The van der Waals surface area contributed by atoms with Crippen molar-refractivity contribution in [2.45, 2.75) is 32.6 Å².